The molecule has 0 aliphatic heterocycles. The van der Waals surface area contributed by atoms with Crippen LogP contribution in [-0.2, 0) is 4.79 Å². The third kappa shape index (κ3) is 3.43. The molecule has 2 aromatic rings. The molecule has 1 atom stereocenters. The molecule has 0 spiro atoms. The van der Waals surface area contributed by atoms with Crippen LogP contribution in [0.2, 0.25) is 0 Å². The number of halogens is 1. The van der Waals surface area contributed by atoms with Gasteiger partial charge >= 0.3 is 0 Å². The highest BCUT2D eigenvalue weighted by Crippen LogP contribution is 2.21. The highest BCUT2D eigenvalue weighted by molar-refractivity contribution is 5.95. The SMILES string of the molecule is CC(C)(C)[C@@H](N)C(=O)Nc1ccc(-n2cncn2)c(F)c1. The first-order valence-electron chi connectivity index (χ1n) is 6.50. The monoisotopic (exact) mass is 291 g/mol. The molecule has 2 rings (SSSR count). The summed E-state index contributed by atoms with van der Waals surface area (Å²) in [6.07, 6.45) is 2.71. The van der Waals surface area contributed by atoms with E-state index in [-0.39, 0.29) is 17.0 Å². The second-order valence-corrected chi connectivity index (χ2v) is 5.84. The van der Waals surface area contributed by atoms with Crippen LogP contribution in [0.25, 0.3) is 5.69 Å². The normalized spacial score (nSPS) is 13.0. The van der Waals surface area contributed by atoms with Crippen LogP contribution in [0.15, 0.2) is 30.9 Å². The summed E-state index contributed by atoms with van der Waals surface area (Å²) in [5.74, 6) is -0.863. The minimum atomic E-state index is -0.685. The van der Waals surface area contributed by atoms with Crippen LogP contribution in [0.5, 0.6) is 0 Å². The molecule has 0 saturated heterocycles. The maximum absolute atomic E-state index is 14.0. The average molecular weight is 291 g/mol. The van der Waals surface area contributed by atoms with Crippen molar-refractivity contribution in [2.45, 2.75) is 26.8 Å². The summed E-state index contributed by atoms with van der Waals surface area (Å²) < 4.78 is 15.3. The number of nitrogens with zero attached hydrogens (tertiary/aromatic N) is 3. The zero-order valence-electron chi connectivity index (χ0n) is 12.2. The molecule has 1 amide bonds. The van der Waals surface area contributed by atoms with Crippen LogP contribution in [0.4, 0.5) is 10.1 Å². The van der Waals surface area contributed by atoms with Crippen molar-refractivity contribution >= 4 is 11.6 Å². The molecule has 6 nitrogen and oxygen atoms in total. The smallest absolute Gasteiger partial charge is 0.241 e. The number of rotatable bonds is 3. The Morgan fingerprint density at radius 1 is 1.43 bits per heavy atom. The summed E-state index contributed by atoms with van der Waals surface area (Å²) in [5.41, 5.74) is 6.09. The number of benzene rings is 1. The van der Waals surface area contributed by atoms with E-state index in [4.69, 9.17) is 5.73 Å². The lowest BCUT2D eigenvalue weighted by atomic mass is 9.87. The molecule has 0 unspecified atom stereocenters. The van der Waals surface area contributed by atoms with Crippen molar-refractivity contribution in [2.24, 2.45) is 11.1 Å². The fraction of sp³-hybridized carbons (Fsp3) is 0.357. The maximum atomic E-state index is 14.0. The van der Waals surface area contributed by atoms with Gasteiger partial charge in [0, 0.05) is 5.69 Å². The van der Waals surface area contributed by atoms with Crippen molar-refractivity contribution in [3.63, 3.8) is 0 Å². The minimum absolute atomic E-state index is 0.255. The van der Waals surface area contributed by atoms with Gasteiger partial charge in [-0.3, -0.25) is 4.79 Å². The number of hydrogen-bond donors (Lipinski definition) is 2. The molecule has 1 aromatic heterocycles. The molecule has 112 valence electrons. The zero-order valence-corrected chi connectivity index (χ0v) is 12.2. The summed E-state index contributed by atoms with van der Waals surface area (Å²) in [4.78, 5) is 15.8. The second kappa shape index (κ2) is 5.61. The van der Waals surface area contributed by atoms with Crippen LogP contribution in [0.1, 0.15) is 20.8 Å². The fourth-order valence-electron chi connectivity index (χ4n) is 1.72. The van der Waals surface area contributed by atoms with E-state index in [9.17, 15) is 9.18 Å². The van der Waals surface area contributed by atoms with Crippen LogP contribution in [0.3, 0.4) is 0 Å². The lowest BCUT2D eigenvalue weighted by molar-refractivity contribution is -0.119. The minimum Gasteiger partial charge on any atom is -0.325 e. The number of hydrogen-bond acceptors (Lipinski definition) is 4. The molecular formula is C14H18FN5O. The number of anilines is 1. The Hall–Kier alpha value is -2.28. The predicted molar refractivity (Wildman–Crippen MR) is 77.4 cm³/mol. The maximum Gasteiger partial charge on any atom is 0.241 e. The summed E-state index contributed by atoms with van der Waals surface area (Å²) in [7, 11) is 0. The van der Waals surface area contributed by atoms with E-state index in [0.717, 1.165) is 0 Å². The van der Waals surface area contributed by atoms with Crippen molar-refractivity contribution < 1.29 is 9.18 Å². The molecule has 7 heteroatoms. The molecule has 3 N–H and O–H groups in total. The number of aromatic nitrogens is 3. The van der Waals surface area contributed by atoms with Crippen molar-refractivity contribution in [3.05, 3.63) is 36.7 Å². The molecule has 0 aliphatic rings. The van der Waals surface area contributed by atoms with Gasteiger partial charge in [0.1, 0.15) is 18.3 Å². The van der Waals surface area contributed by atoms with Gasteiger partial charge in [0.05, 0.1) is 6.04 Å². The Bertz CT molecular complexity index is 633. The molecule has 1 aromatic carbocycles. The van der Waals surface area contributed by atoms with E-state index in [0.29, 0.717) is 5.69 Å². The lowest BCUT2D eigenvalue weighted by Crippen LogP contribution is -2.45. The lowest BCUT2D eigenvalue weighted by Gasteiger charge is -2.25. The molecule has 1 heterocycles. The summed E-state index contributed by atoms with van der Waals surface area (Å²) in [6, 6.07) is 3.65. The summed E-state index contributed by atoms with van der Waals surface area (Å²) >= 11 is 0. The van der Waals surface area contributed by atoms with Gasteiger partial charge in [-0.25, -0.2) is 14.1 Å². The predicted octanol–water partition coefficient (Wildman–Crippen LogP) is 1.72. The van der Waals surface area contributed by atoms with Gasteiger partial charge in [-0.05, 0) is 23.6 Å². The first kappa shape index (κ1) is 15.1. The zero-order chi connectivity index (χ0) is 15.6. The Morgan fingerprint density at radius 2 is 2.14 bits per heavy atom. The van der Waals surface area contributed by atoms with Crippen LogP contribution in [-0.4, -0.2) is 26.7 Å². The molecular weight excluding hydrogens is 273 g/mol. The van der Waals surface area contributed by atoms with Gasteiger partial charge in [0.2, 0.25) is 5.91 Å². The molecule has 0 aliphatic carbocycles. The van der Waals surface area contributed by atoms with E-state index >= 15 is 0 Å². The van der Waals surface area contributed by atoms with Gasteiger partial charge in [0.25, 0.3) is 0 Å². The molecule has 0 bridgehead atoms. The molecule has 21 heavy (non-hydrogen) atoms. The quantitative estimate of drug-likeness (QED) is 0.901. The fourth-order valence-corrected chi connectivity index (χ4v) is 1.72. The van der Waals surface area contributed by atoms with E-state index in [2.05, 4.69) is 15.4 Å². The highest BCUT2D eigenvalue weighted by atomic mass is 19.1. The van der Waals surface area contributed by atoms with Crippen LogP contribution in [0, 0.1) is 11.2 Å². The third-order valence-electron chi connectivity index (χ3n) is 3.10. The number of carbonyl (C=O) groups is 1. The molecule has 0 radical (unpaired) electrons. The Morgan fingerprint density at radius 3 is 2.67 bits per heavy atom. The number of carbonyl (C=O) groups excluding carboxylic acids is 1. The highest BCUT2D eigenvalue weighted by Gasteiger charge is 2.27. The number of nitrogens with two attached hydrogens (primary N) is 1. The third-order valence-corrected chi connectivity index (χ3v) is 3.10. The van der Waals surface area contributed by atoms with E-state index in [1.165, 1.54) is 29.5 Å². The van der Waals surface area contributed by atoms with E-state index in [1.807, 2.05) is 20.8 Å². The second-order valence-electron chi connectivity index (χ2n) is 5.84. The van der Waals surface area contributed by atoms with Gasteiger partial charge < -0.3 is 11.1 Å². The summed E-state index contributed by atoms with van der Waals surface area (Å²) in [6.45, 7) is 5.60. The Kier molecular flexibility index (Phi) is 4.04. The van der Waals surface area contributed by atoms with Crippen LogP contribution >= 0.6 is 0 Å². The Balaban J connectivity index is 2.16. The van der Waals surface area contributed by atoms with Gasteiger partial charge in [-0.15, -0.1) is 0 Å². The van der Waals surface area contributed by atoms with Crippen molar-refractivity contribution in [1.82, 2.24) is 14.8 Å². The Labute approximate surface area is 122 Å². The van der Waals surface area contributed by atoms with Crippen molar-refractivity contribution in [1.29, 1.82) is 0 Å². The van der Waals surface area contributed by atoms with Crippen molar-refractivity contribution in [3.8, 4) is 5.69 Å². The van der Waals surface area contributed by atoms with Crippen LogP contribution < -0.4 is 11.1 Å². The van der Waals surface area contributed by atoms with Crippen molar-refractivity contribution in [2.75, 3.05) is 5.32 Å². The van der Waals surface area contributed by atoms with Gasteiger partial charge in [-0.2, -0.15) is 5.10 Å². The first-order valence-corrected chi connectivity index (χ1v) is 6.50. The summed E-state index contributed by atoms with van der Waals surface area (Å²) in [5, 5.41) is 6.47. The average Bonchev–Trinajstić information content (AvgIpc) is 2.90. The number of nitrogens with one attached hydrogen (secondary N) is 1. The topological polar surface area (TPSA) is 85.8 Å². The molecule has 0 fully saturated rings. The largest absolute Gasteiger partial charge is 0.325 e. The van der Waals surface area contributed by atoms with Gasteiger partial charge in [-0.1, -0.05) is 20.8 Å². The first-order chi connectivity index (χ1) is 9.79. The standard InChI is InChI=1S/C14H18FN5O/c1-14(2,3)12(16)13(21)19-9-4-5-11(10(15)6-9)20-8-17-7-18-20/h4-8,12H,16H2,1-3H3,(H,19,21)/t12-/m0/s1. The van der Waals surface area contributed by atoms with E-state index < -0.39 is 11.9 Å². The number of amides is 1. The molecule has 0 saturated carbocycles. The van der Waals surface area contributed by atoms with E-state index in [1.54, 1.807) is 6.07 Å². The van der Waals surface area contributed by atoms with Gasteiger partial charge in [0.15, 0.2) is 5.82 Å².